The van der Waals surface area contributed by atoms with Crippen LogP contribution in [-0.2, 0) is 18.0 Å². The monoisotopic (exact) mass is 291 g/mol. The van der Waals surface area contributed by atoms with Crippen LogP contribution in [0.2, 0.25) is 5.02 Å². The van der Waals surface area contributed by atoms with E-state index in [2.05, 4.69) is 23.5 Å². The maximum Gasteiger partial charge on any atom is 0.124 e. The number of fused-ring (bicyclic) bond motifs is 1. The van der Waals surface area contributed by atoms with Crippen LogP contribution >= 0.6 is 11.6 Å². The summed E-state index contributed by atoms with van der Waals surface area (Å²) in [6.07, 6.45) is 0. The molecule has 0 bridgehead atoms. The van der Waals surface area contributed by atoms with Gasteiger partial charge in [-0.15, -0.1) is 0 Å². The number of ether oxygens (including phenoxy) is 1. The Morgan fingerprint density at radius 2 is 1.95 bits per heavy atom. The van der Waals surface area contributed by atoms with E-state index in [1.165, 1.54) is 23.3 Å². The first-order valence-electron chi connectivity index (χ1n) is 6.50. The zero-order valence-corrected chi connectivity index (χ0v) is 11.9. The summed E-state index contributed by atoms with van der Waals surface area (Å²) < 4.78 is 18.6. The molecule has 1 aliphatic heterocycles. The number of hydrogen-bond acceptors (Lipinski definition) is 2. The number of hydrogen-bond donors (Lipinski definition) is 1. The lowest BCUT2D eigenvalue weighted by molar-refractivity contribution is 0.134. The first-order valence-corrected chi connectivity index (χ1v) is 6.88. The van der Waals surface area contributed by atoms with Crippen molar-refractivity contribution in [2.75, 3.05) is 7.05 Å². The SMILES string of the molecule is CNC(c1ccc2c(c1)COC2)c1ccc(F)cc1Cl. The molecular formula is C16H15ClFNO. The maximum atomic E-state index is 13.2. The van der Waals surface area contributed by atoms with E-state index >= 15 is 0 Å². The summed E-state index contributed by atoms with van der Waals surface area (Å²) >= 11 is 6.17. The van der Waals surface area contributed by atoms with Crippen molar-refractivity contribution in [3.05, 3.63) is 69.5 Å². The summed E-state index contributed by atoms with van der Waals surface area (Å²) in [5, 5.41) is 3.67. The lowest BCUT2D eigenvalue weighted by atomic mass is 9.95. The Bertz CT molecular complexity index is 644. The molecule has 1 aliphatic rings. The zero-order chi connectivity index (χ0) is 14.1. The summed E-state index contributed by atoms with van der Waals surface area (Å²) in [5.41, 5.74) is 4.41. The molecule has 1 unspecified atom stereocenters. The maximum absolute atomic E-state index is 13.2. The second-order valence-corrected chi connectivity index (χ2v) is 5.32. The van der Waals surface area contributed by atoms with Crippen LogP contribution in [0.15, 0.2) is 36.4 Å². The zero-order valence-electron chi connectivity index (χ0n) is 11.1. The largest absolute Gasteiger partial charge is 0.372 e. The Hall–Kier alpha value is -1.42. The van der Waals surface area contributed by atoms with Crippen LogP contribution < -0.4 is 5.32 Å². The molecule has 0 fully saturated rings. The van der Waals surface area contributed by atoms with Crippen molar-refractivity contribution in [1.82, 2.24) is 5.32 Å². The van der Waals surface area contributed by atoms with E-state index in [1.807, 2.05) is 7.05 Å². The highest BCUT2D eigenvalue weighted by atomic mass is 35.5. The van der Waals surface area contributed by atoms with Crippen molar-refractivity contribution in [2.45, 2.75) is 19.3 Å². The van der Waals surface area contributed by atoms with E-state index in [4.69, 9.17) is 16.3 Å². The Morgan fingerprint density at radius 1 is 1.15 bits per heavy atom. The van der Waals surface area contributed by atoms with E-state index in [-0.39, 0.29) is 11.9 Å². The van der Waals surface area contributed by atoms with Gasteiger partial charge in [0.1, 0.15) is 5.82 Å². The molecule has 0 amide bonds. The highest BCUT2D eigenvalue weighted by Crippen LogP contribution is 2.31. The standard InChI is InChI=1S/C16H15ClFNO/c1-19-16(14-5-4-13(18)7-15(14)17)10-2-3-11-8-20-9-12(11)6-10/h2-7,16,19H,8-9H2,1H3. The van der Waals surface area contributed by atoms with Gasteiger partial charge in [0.15, 0.2) is 0 Å². The first kappa shape index (κ1) is 13.6. The molecular weight excluding hydrogens is 277 g/mol. The van der Waals surface area contributed by atoms with Gasteiger partial charge in [0.05, 0.1) is 19.3 Å². The minimum Gasteiger partial charge on any atom is -0.372 e. The van der Waals surface area contributed by atoms with Gasteiger partial charge in [0, 0.05) is 5.02 Å². The van der Waals surface area contributed by atoms with Gasteiger partial charge in [-0.25, -0.2) is 4.39 Å². The third-order valence-electron chi connectivity index (χ3n) is 3.64. The quantitative estimate of drug-likeness (QED) is 0.928. The second kappa shape index (κ2) is 5.52. The predicted octanol–water partition coefficient (Wildman–Crippen LogP) is 3.82. The smallest absolute Gasteiger partial charge is 0.124 e. The molecule has 1 N–H and O–H groups in total. The third-order valence-corrected chi connectivity index (χ3v) is 3.97. The molecule has 20 heavy (non-hydrogen) atoms. The molecule has 0 saturated heterocycles. The molecule has 2 nitrogen and oxygen atoms in total. The topological polar surface area (TPSA) is 21.3 Å². The van der Waals surface area contributed by atoms with Gasteiger partial charge in [-0.3, -0.25) is 0 Å². The van der Waals surface area contributed by atoms with Crippen LogP contribution in [0.4, 0.5) is 4.39 Å². The van der Waals surface area contributed by atoms with Crippen LogP contribution in [0.1, 0.15) is 28.3 Å². The molecule has 0 aliphatic carbocycles. The van der Waals surface area contributed by atoms with Crippen LogP contribution in [0, 0.1) is 5.82 Å². The fourth-order valence-corrected chi connectivity index (χ4v) is 2.89. The molecule has 0 spiro atoms. The van der Waals surface area contributed by atoms with E-state index in [9.17, 15) is 4.39 Å². The summed E-state index contributed by atoms with van der Waals surface area (Å²) in [6.45, 7) is 1.33. The van der Waals surface area contributed by atoms with E-state index in [1.54, 1.807) is 6.07 Å². The van der Waals surface area contributed by atoms with Crippen molar-refractivity contribution in [1.29, 1.82) is 0 Å². The summed E-state index contributed by atoms with van der Waals surface area (Å²) in [4.78, 5) is 0. The fourth-order valence-electron chi connectivity index (χ4n) is 2.61. The van der Waals surface area contributed by atoms with E-state index in [0.29, 0.717) is 18.2 Å². The van der Waals surface area contributed by atoms with Crippen LogP contribution in [-0.4, -0.2) is 7.05 Å². The third kappa shape index (κ3) is 2.44. The lowest BCUT2D eigenvalue weighted by Gasteiger charge is -2.19. The van der Waals surface area contributed by atoms with Gasteiger partial charge in [0.2, 0.25) is 0 Å². The van der Waals surface area contributed by atoms with Gasteiger partial charge in [-0.05, 0) is 41.4 Å². The van der Waals surface area contributed by atoms with Crippen molar-refractivity contribution >= 4 is 11.6 Å². The van der Waals surface area contributed by atoms with E-state index < -0.39 is 0 Å². The van der Waals surface area contributed by atoms with Gasteiger partial charge >= 0.3 is 0 Å². The van der Waals surface area contributed by atoms with Crippen molar-refractivity contribution in [3.8, 4) is 0 Å². The molecule has 3 rings (SSSR count). The summed E-state index contributed by atoms with van der Waals surface area (Å²) in [7, 11) is 1.87. The highest BCUT2D eigenvalue weighted by molar-refractivity contribution is 6.31. The number of benzene rings is 2. The number of nitrogens with one attached hydrogen (secondary N) is 1. The average Bonchev–Trinajstić information content (AvgIpc) is 2.89. The van der Waals surface area contributed by atoms with Crippen molar-refractivity contribution in [2.24, 2.45) is 0 Å². The molecule has 1 atom stereocenters. The lowest BCUT2D eigenvalue weighted by Crippen LogP contribution is -2.18. The molecule has 0 radical (unpaired) electrons. The molecule has 0 aromatic heterocycles. The first-order chi connectivity index (χ1) is 9.69. The van der Waals surface area contributed by atoms with Gasteiger partial charge in [0.25, 0.3) is 0 Å². The minimum atomic E-state index is -0.323. The van der Waals surface area contributed by atoms with Crippen molar-refractivity contribution < 1.29 is 9.13 Å². The number of halogens is 2. The molecule has 1 heterocycles. The van der Waals surface area contributed by atoms with Gasteiger partial charge in [-0.1, -0.05) is 35.9 Å². The Kier molecular flexibility index (Phi) is 3.74. The molecule has 2 aromatic rings. The van der Waals surface area contributed by atoms with Crippen molar-refractivity contribution in [3.63, 3.8) is 0 Å². The van der Waals surface area contributed by atoms with Crippen LogP contribution in [0.5, 0.6) is 0 Å². The molecule has 104 valence electrons. The fraction of sp³-hybridized carbons (Fsp3) is 0.250. The Morgan fingerprint density at radius 3 is 2.70 bits per heavy atom. The summed E-state index contributed by atoms with van der Waals surface area (Å²) in [5.74, 6) is -0.323. The Balaban J connectivity index is 2.01. The minimum absolute atomic E-state index is 0.0611. The number of rotatable bonds is 3. The summed E-state index contributed by atoms with van der Waals surface area (Å²) in [6, 6.07) is 10.7. The van der Waals surface area contributed by atoms with Crippen LogP contribution in [0.25, 0.3) is 0 Å². The van der Waals surface area contributed by atoms with Gasteiger partial charge < -0.3 is 10.1 Å². The van der Waals surface area contributed by atoms with E-state index in [0.717, 1.165) is 11.1 Å². The normalized spacial score (nSPS) is 15.2. The van der Waals surface area contributed by atoms with Gasteiger partial charge in [-0.2, -0.15) is 0 Å². The molecule has 2 aromatic carbocycles. The molecule has 4 heteroatoms. The average molecular weight is 292 g/mol. The Labute approximate surface area is 122 Å². The predicted molar refractivity (Wildman–Crippen MR) is 77.2 cm³/mol. The van der Waals surface area contributed by atoms with Crippen LogP contribution in [0.3, 0.4) is 0 Å². The second-order valence-electron chi connectivity index (χ2n) is 4.91. The highest BCUT2D eigenvalue weighted by Gasteiger charge is 2.18. The molecule has 0 saturated carbocycles.